The second-order valence-corrected chi connectivity index (χ2v) is 5.04. The molecule has 1 saturated heterocycles. The highest BCUT2D eigenvalue weighted by Crippen LogP contribution is 2.19. The van der Waals surface area contributed by atoms with Gasteiger partial charge in [-0.15, -0.1) is 0 Å². The van der Waals surface area contributed by atoms with Crippen LogP contribution in [0.5, 0.6) is 0 Å². The fourth-order valence-corrected chi connectivity index (χ4v) is 2.18. The summed E-state index contributed by atoms with van der Waals surface area (Å²) < 4.78 is 4.83. The Morgan fingerprint density at radius 2 is 1.76 bits per heavy atom. The minimum Gasteiger partial charge on any atom is -0.465 e. The Kier molecular flexibility index (Phi) is 6.03. The third-order valence-corrected chi connectivity index (χ3v) is 3.23. The SMILES string of the molecule is CCNc1nc(NCC)nc(N2CC(=O)N(CC(=O)OCC)C2=N)n1. The number of esters is 1. The number of anilines is 3. The van der Waals surface area contributed by atoms with E-state index in [1.807, 2.05) is 13.8 Å². The summed E-state index contributed by atoms with van der Waals surface area (Å²) >= 11 is 0. The first kappa shape index (κ1) is 18.4. The summed E-state index contributed by atoms with van der Waals surface area (Å²) in [5.41, 5.74) is 0. The van der Waals surface area contributed by atoms with Crippen molar-refractivity contribution in [3.63, 3.8) is 0 Å². The van der Waals surface area contributed by atoms with E-state index in [4.69, 9.17) is 10.1 Å². The summed E-state index contributed by atoms with van der Waals surface area (Å²) in [6, 6.07) is 0. The third-order valence-electron chi connectivity index (χ3n) is 3.23. The van der Waals surface area contributed by atoms with Crippen LogP contribution in [0.15, 0.2) is 0 Å². The predicted molar refractivity (Wildman–Crippen MR) is 91.6 cm³/mol. The van der Waals surface area contributed by atoms with Gasteiger partial charge in [-0.1, -0.05) is 0 Å². The fourth-order valence-electron chi connectivity index (χ4n) is 2.18. The topological polar surface area (TPSA) is 136 Å². The lowest BCUT2D eigenvalue weighted by atomic mass is 10.5. The van der Waals surface area contributed by atoms with Crippen LogP contribution in [0.4, 0.5) is 17.8 Å². The lowest BCUT2D eigenvalue weighted by Crippen LogP contribution is -2.38. The van der Waals surface area contributed by atoms with Gasteiger partial charge in [0.2, 0.25) is 29.7 Å². The van der Waals surface area contributed by atoms with E-state index in [0.717, 1.165) is 4.90 Å². The molecule has 3 N–H and O–H groups in total. The number of carbonyl (C=O) groups is 2. The van der Waals surface area contributed by atoms with Crippen LogP contribution in [0.2, 0.25) is 0 Å². The largest absolute Gasteiger partial charge is 0.465 e. The number of rotatable bonds is 8. The van der Waals surface area contributed by atoms with E-state index in [0.29, 0.717) is 25.0 Å². The second kappa shape index (κ2) is 8.22. The van der Waals surface area contributed by atoms with Gasteiger partial charge in [0.25, 0.3) is 0 Å². The Hall–Kier alpha value is -2.98. The second-order valence-electron chi connectivity index (χ2n) is 5.04. The average Bonchev–Trinajstić information content (AvgIpc) is 2.84. The van der Waals surface area contributed by atoms with E-state index in [1.165, 1.54) is 4.90 Å². The number of aromatic nitrogens is 3. The van der Waals surface area contributed by atoms with Gasteiger partial charge in [0.05, 0.1) is 6.61 Å². The molecular weight excluding hydrogens is 328 g/mol. The third kappa shape index (κ3) is 4.31. The molecular formula is C14H22N8O3. The molecule has 2 heterocycles. The zero-order valence-corrected chi connectivity index (χ0v) is 14.5. The summed E-state index contributed by atoms with van der Waals surface area (Å²) in [5, 5.41) is 14.2. The summed E-state index contributed by atoms with van der Waals surface area (Å²) in [6.45, 7) is 6.48. The molecule has 0 radical (unpaired) electrons. The summed E-state index contributed by atoms with van der Waals surface area (Å²) in [5.74, 6) is -0.297. The van der Waals surface area contributed by atoms with Crippen molar-refractivity contribution in [1.29, 1.82) is 5.41 Å². The summed E-state index contributed by atoms with van der Waals surface area (Å²) in [4.78, 5) is 38.8. The molecule has 11 heteroatoms. The average molecular weight is 350 g/mol. The van der Waals surface area contributed by atoms with E-state index in [9.17, 15) is 9.59 Å². The lowest BCUT2D eigenvalue weighted by Gasteiger charge is -2.19. The van der Waals surface area contributed by atoms with Crippen molar-refractivity contribution >= 4 is 35.7 Å². The molecule has 11 nitrogen and oxygen atoms in total. The van der Waals surface area contributed by atoms with Gasteiger partial charge in [-0.25, -0.2) is 0 Å². The van der Waals surface area contributed by atoms with Gasteiger partial charge >= 0.3 is 5.97 Å². The van der Waals surface area contributed by atoms with Gasteiger partial charge in [-0.05, 0) is 20.8 Å². The van der Waals surface area contributed by atoms with Gasteiger partial charge in [-0.3, -0.25) is 24.8 Å². The maximum Gasteiger partial charge on any atom is 0.326 e. The summed E-state index contributed by atoms with van der Waals surface area (Å²) in [7, 11) is 0. The van der Waals surface area contributed by atoms with Gasteiger partial charge in [0.15, 0.2) is 0 Å². The number of carbonyl (C=O) groups excluding carboxylic acids is 2. The molecule has 1 aromatic rings. The maximum atomic E-state index is 12.2. The molecule has 1 aromatic heterocycles. The van der Waals surface area contributed by atoms with Crippen LogP contribution in [0, 0.1) is 5.41 Å². The van der Waals surface area contributed by atoms with Gasteiger partial charge in [-0.2, -0.15) is 15.0 Å². The number of hydrogen-bond acceptors (Lipinski definition) is 9. The molecule has 0 saturated carbocycles. The smallest absolute Gasteiger partial charge is 0.326 e. The molecule has 0 aliphatic carbocycles. The quantitative estimate of drug-likeness (QED) is 0.548. The van der Waals surface area contributed by atoms with Crippen molar-refractivity contribution in [2.24, 2.45) is 0 Å². The number of hydrogen-bond donors (Lipinski definition) is 3. The van der Waals surface area contributed by atoms with Crippen LogP contribution in [-0.4, -0.2) is 70.5 Å². The highest BCUT2D eigenvalue weighted by atomic mass is 16.5. The van der Waals surface area contributed by atoms with E-state index in [1.54, 1.807) is 6.92 Å². The molecule has 0 aromatic carbocycles. The molecule has 1 fully saturated rings. The Morgan fingerprint density at radius 3 is 2.28 bits per heavy atom. The van der Waals surface area contributed by atoms with Crippen molar-refractivity contribution in [2.45, 2.75) is 20.8 Å². The lowest BCUT2D eigenvalue weighted by molar-refractivity contribution is -0.146. The molecule has 2 rings (SSSR count). The molecule has 1 aliphatic heterocycles. The van der Waals surface area contributed by atoms with Crippen molar-refractivity contribution < 1.29 is 14.3 Å². The van der Waals surface area contributed by atoms with Gasteiger partial charge in [0.1, 0.15) is 13.1 Å². The van der Waals surface area contributed by atoms with Crippen molar-refractivity contribution in [3.8, 4) is 0 Å². The number of ether oxygens (including phenoxy) is 1. The molecule has 25 heavy (non-hydrogen) atoms. The predicted octanol–water partition coefficient (Wildman–Crippen LogP) is -0.118. The van der Waals surface area contributed by atoms with Crippen LogP contribution in [0.1, 0.15) is 20.8 Å². The van der Waals surface area contributed by atoms with E-state index >= 15 is 0 Å². The first-order chi connectivity index (χ1) is 12.0. The van der Waals surface area contributed by atoms with Crippen molar-refractivity contribution in [2.75, 3.05) is 48.3 Å². The Balaban J connectivity index is 2.24. The van der Waals surface area contributed by atoms with E-state index < -0.39 is 11.9 Å². The Morgan fingerprint density at radius 1 is 1.16 bits per heavy atom. The molecule has 0 unspecified atom stereocenters. The van der Waals surface area contributed by atoms with E-state index in [-0.39, 0.29) is 31.6 Å². The first-order valence-corrected chi connectivity index (χ1v) is 8.06. The molecule has 0 atom stereocenters. The highest BCUT2D eigenvalue weighted by Gasteiger charge is 2.37. The monoisotopic (exact) mass is 350 g/mol. The molecule has 1 amide bonds. The minimum absolute atomic E-state index is 0.126. The molecule has 1 aliphatic rings. The standard InChI is InChI=1S/C14H22N8O3/c1-4-16-12-18-13(17-5-2)20-14(19-12)22-7-9(23)21(11(22)15)8-10(24)25-6-3/h15H,4-8H2,1-3H3,(H2,16,17,18,19,20). The fraction of sp³-hybridized carbons (Fsp3) is 0.571. The first-order valence-electron chi connectivity index (χ1n) is 8.06. The summed E-state index contributed by atoms with van der Waals surface area (Å²) in [6.07, 6.45) is 0. The Labute approximate surface area is 145 Å². The molecule has 0 spiro atoms. The molecule has 0 bridgehead atoms. The van der Waals surface area contributed by atoms with Crippen molar-refractivity contribution in [3.05, 3.63) is 0 Å². The van der Waals surface area contributed by atoms with Crippen LogP contribution >= 0.6 is 0 Å². The van der Waals surface area contributed by atoms with E-state index in [2.05, 4.69) is 25.6 Å². The van der Waals surface area contributed by atoms with Gasteiger partial charge < -0.3 is 15.4 Å². The highest BCUT2D eigenvalue weighted by molar-refractivity contribution is 6.13. The number of nitrogens with zero attached hydrogens (tertiary/aromatic N) is 5. The zero-order valence-electron chi connectivity index (χ0n) is 14.5. The normalized spacial score (nSPS) is 14.0. The van der Waals surface area contributed by atoms with Crippen LogP contribution in [-0.2, 0) is 14.3 Å². The van der Waals surface area contributed by atoms with Crippen LogP contribution in [0.25, 0.3) is 0 Å². The number of nitrogens with one attached hydrogen (secondary N) is 3. The van der Waals surface area contributed by atoms with Crippen LogP contribution < -0.4 is 15.5 Å². The van der Waals surface area contributed by atoms with Crippen molar-refractivity contribution in [1.82, 2.24) is 19.9 Å². The van der Waals surface area contributed by atoms with Crippen LogP contribution in [0.3, 0.4) is 0 Å². The number of guanidine groups is 1. The minimum atomic E-state index is -0.570. The number of amides is 1. The zero-order chi connectivity index (χ0) is 18.4. The maximum absolute atomic E-state index is 12.2. The molecule has 136 valence electrons. The van der Waals surface area contributed by atoms with Gasteiger partial charge in [0, 0.05) is 13.1 Å². The Bertz CT molecular complexity index is 641.